The Balaban J connectivity index is 1.50. The largest absolute Gasteiger partial charge is 0.494 e. The molecule has 0 spiro atoms. The van der Waals surface area contributed by atoms with Gasteiger partial charge in [-0.1, -0.05) is 12.1 Å². The first-order valence-electron chi connectivity index (χ1n) is 11.2. The van der Waals surface area contributed by atoms with E-state index in [1.54, 1.807) is 29.9 Å². The lowest BCUT2D eigenvalue weighted by atomic mass is 9.98. The number of imidazole rings is 1. The molecule has 1 saturated carbocycles. The van der Waals surface area contributed by atoms with Gasteiger partial charge in [-0.25, -0.2) is 13.9 Å². The molecule has 0 atom stereocenters. The lowest BCUT2D eigenvalue weighted by Gasteiger charge is -2.11. The van der Waals surface area contributed by atoms with E-state index in [0.29, 0.717) is 29.4 Å². The average molecular weight is 461 g/mol. The number of methoxy groups -OCH3 is 1. The number of aromatic nitrogens is 3. The van der Waals surface area contributed by atoms with Crippen LogP contribution in [0.2, 0.25) is 0 Å². The van der Waals surface area contributed by atoms with Crippen LogP contribution in [0.5, 0.6) is 17.4 Å². The molecule has 1 N–H and O–H groups in total. The van der Waals surface area contributed by atoms with E-state index >= 15 is 0 Å². The molecule has 2 aromatic heterocycles. The minimum atomic E-state index is -0.523. The number of anilines is 1. The summed E-state index contributed by atoms with van der Waals surface area (Å²) >= 11 is 0. The van der Waals surface area contributed by atoms with Crippen LogP contribution in [0.25, 0.3) is 16.9 Å². The number of carbonyl (C=O) groups is 1. The quantitative estimate of drug-likeness (QED) is 0.342. The highest BCUT2D eigenvalue weighted by atomic mass is 19.1. The van der Waals surface area contributed by atoms with E-state index in [2.05, 4.69) is 15.4 Å². The molecule has 1 fully saturated rings. The fourth-order valence-electron chi connectivity index (χ4n) is 4.04. The molecule has 34 heavy (non-hydrogen) atoms. The third kappa shape index (κ3) is 4.19. The fourth-order valence-corrected chi connectivity index (χ4v) is 4.04. The first-order chi connectivity index (χ1) is 16.5. The van der Waals surface area contributed by atoms with Gasteiger partial charge in [-0.05, 0) is 49.4 Å². The summed E-state index contributed by atoms with van der Waals surface area (Å²) in [6, 6.07) is 11.9. The number of nitrogens with zero attached hydrogens (tertiary/aromatic N) is 3. The molecule has 0 amide bonds. The van der Waals surface area contributed by atoms with Crippen molar-refractivity contribution >= 4 is 17.1 Å². The van der Waals surface area contributed by atoms with Gasteiger partial charge in [-0.15, -0.1) is 5.10 Å². The van der Waals surface area contributed by atoms with Crippen LogP contribution in [0.3, 0.4) is 0 Å². The SMILES string of the molecule is CNc1cc(Oc2ccc(OC)c(F)c2)nn2c(-c3ccc(C(=O)CC4CC4)c(C)c3)cnc12. The zero-order valence-corrected chi connectivity index (χ0v) is 19.3. The second kappa shape index (κ2) is 8.78. The van der Waals surface area contributed by atoms with Crippen LogP contribution in [0.1, 0.15) is 35.2 Å². The number of Topliss-reactive ketones (excluding diaryl/α,β-unsaturated/α-hetero) is 1. The number of carbonyl (C=O) groups excluding carboxylic acids is 1. The van der Waals surface area contributed by atoms with Gasteiger partial charge in [-0.3, -0.25) is 4.79 Å². The summed E-state index contributed by atoms with van der Waals surface area (Å²) in [5.41, 5.74) is 4.65. The van der Waals surface area contributed by atoms with Crippen LogP contribution >= 0.6 is 0 Å². The molecule has 8 heteroatoms. The van der Waals surface area contributed by atoms with Crippen LogP contribution in [-0.2, 0) is 0 Å². The zero-order chi connectivity index (χ0) is 23.8. The normalized spacial score (nSPS) is 13.2. The van der Waals surface area contributed by atoms with Gasteiger partial charge in [0, 0.05) is 36.7 Å². The molecule has 0 bridgehead atoms. The Labute approximate surface area is 196 Å². The van der Waals surface area contributed by atoms with E-state index in [4.69, 9.17) is 9.47 Å². The average Bonchev–Trinajstić information content (AvgIpc) is 3.53. The van der Waals surface area contributed by atoms with Crippen molar-refractivity contribution in [3.05, 3.63) is 65.6 Å². The maximum absolute atomic E-state index is 14.1. The van der Waals surface area contributed by atoms with Crippen molar-refractivity contribution in [1.29, 1.82) is 0 Å². The van der Waals surface area contributed by atoms with E-state index in [0.717, 1.165) is 35.2 Å². The Kier molecular flexibility index (Phi) is 5.65. The lowest BCUT2D eigenvalue weighted by Crippen LogP contribution is -2.04. The fraction of sp³-hybridized carbons (Fsp3) is 0.269. The first-order valence-corrected chi connectivity index (χ1v) is 11.2. The molecular formula is C26H25FN4O3. The minimum Gasteiger partial charge on any atom is -0.494 e. The molecule has 0 radical (unpaired) electrons. The third-order valence-electron chi connectivity index (χ3n) is 6.05. The molecule has 1 aliphatic rings. The van der Waals surface area contributed by atoms with E-state index in [9.17, 15) is 9.18 Å². The predicted octanol–water partition coefficient (Wildman–Crippen LogP) is 5.67. The van der Waals surface area contributed by atoms with Gasteiger partial charge in [-0.2, -0.15) is 0 Å². The van der Waals surface area contributed by atoms with Crippen molar-refractivity contribution in [3.8, 4) is 28.6 Å². The highest BCUT2D eigenvalue weighted by molar-refractivity contribution is 5.98. The second-order valence-corrected chi connectivity index (χ2v) is 8.52. The van der Waals surface area contributed by atoms with Crippen LogP contribution in [0.4, 0.5) is 10.1 Å². The van der Waals surface area contributed by atoms with Gasteiger partial charge in [0.2, 0.25) is 5.88 Å². The van der Waals surface area contributed by atoms with Gasteiger partial charge in [0.1, 0.15) is 5.75 Å². The smallest absolute Gasteiger partial charge is 0.239 e. The van der Waals surface area contributed by atoms with Gasteiger partial charge < -0.3 is 14.8 Å². The molecule has 0 unspecified atom stereocenters. The Morgan fingerprint density at radius 1 is 1.21 bits per heavy atom. The van der Waals surface area contributed by atoms with Gasteiger partial charge in [0.05, 0.1) is 24.7 Å². The van der Waals surface area contributed by atoms with Crippen molar-refractivity contribution in [1.82, 2.24) is 14.6 Å². The van der Waals surface area contributed by atoms with E-state index in [1.807, 2.05) is 25.1 Å². The number of fused-ring (bicyclic) bond motifs is 1. The van der Waals surface area contributed by atoms with Crippen LogP contribution in [-0.4, -0.2) is 34.5 Å². The van der Waals surface area contributed by atoms with E-state index < -0.39 is 5.82 Å². The summed E-state index contributed by atoms with van der Waals surface area (Å²) in [4.78, 5) is 17.1. The second-order valence-electron chi connectivity index (χ2n) is 8.52. The number of ketones is 1. The lowest BCUT2D eigenvalue weighted by molar-refractivity contribution is 0.0975. The standard InChI is InChI=1S/C26H25FN4O3/c1-15-10-17(6-8-19(15)23(32)11-16-4-5-16)22-14-29-26-21(28-2)13-25(30-31(22)26)34-18-7-9-24(33-3)20(27)12-18/h6-10,12-14,16,28H,4-5,11H2,1-3H3. The maximum Gasteiger partial charge on any atom is 0.239 e. The molecule has 2 heterocycles. The van der Waals surface area contributed by atoms with Crippen molar-refractivity contribution in [2.24, 2.45) is 5.92 Å². The number of nitrogens with one attached hydrogen (secondary N) is 1. The van der Waals surface area contributed by atoms with Gasteiger partial charge in [0.25, 0.3) is 0 Å². The number of aryl methyl sites for hydroxylation is 1. The minimum absolute atomic E-state index is 0.137. The third-order valence-corrected chi connectivity index (χ3v) is 6.05. The Bertz CT molecular complexity index is 1390. The highest BCUT2D eigenvalue weighted by Gasteiger charge is 2.25. The number of halogens is 1. The van der Waals surface area contributed by atoms with Gasteiger partial charge in [0.15, 0.2) is 23.0 Å². The van der Waals surface area contributed by atoms with Crippen molar-refractivity contribution in [2.75, 3.05) is 19.5 Å². The molecule has 1 aliphatic carbocycles. The Morgan fingerprint density at radius 2 is 2.03 bits per heavy atom. The number of benzene rings is 2. The van der Waals surface area contributed by atoms with E-state index in [-0.39, 0.29) is 17.4 Å². The molecule has 5 rings (SSSR count). The monoisotopic (exact) mass is 460 g/mol. The topological polar surface area (TPSA) is 77.7 Å². The molecule has 2 aromatic carbocycles. The molecule has 0 aliphatic heterocycles. The number of hydrogen-bond donors (Lipinski definition) is 1. The molecule has 174 valence electrons. The highest BCUT2D eigenvalue weighted by Crippen LogP contribution is 2.35. The Morgan fingerprint density at radius 3 is 2.71 bits per heavy atom. The Hall–Kier alpha value is -3.94. The zero-order valence-electron chi connectivity index (χ0n) is 19.3. The summed E-state index contributed by atoms with van der Waals surface area (Å²) in [6.07, 6.45) is 4.66. The summed E-state index contributed by atoms with van der Waals surface area (Å²) in [6.45, 7) is 1.95. The number of ether oxygens (including phenoxy) is 2. The molecule has 4 aromatic rings. The van der Waals surface area contributed by atoms with Crippen LogP contribution in [0, 0.1) is 18.7 Å². The maximum atomic E-state index is 14.1. The number of hydrogen-bond acceptors (Lipinski definition) is 6. The van der Waals surface area contributed by atoms with Crippen molar-refractivity contribution < 1.29 is 18.7 Å². The predicted molar refractivity (Wildman–Crippen MR) is 127 cm³/mol. The first kappa shape index (κ1) is 21.9. The van der Waals surface area contributed by atoms with E-state index in [1.165, 1.54) is 19.2 Å². The van der Waals surface area contributed by atoms with Crippen LogP contribution in [0.15, 0.2) is 48.7 Å². The molecular weight excluding hydrogens is 435 g/mol. The number of rotatable bonds is 8. The summed E-state index contributed by atoms with van der Waals surface area (Å²) < 4.78 is 26.6. The van der Waals surface area contributed by atoms with Crippen LogP contribution < -0.4 is 14.8 Å². The summed E-state index contributed by atoms with van der Waals surface area (Å²) in [5, 5.41) is 7.70. The molecule has 0 saturated heterocycles. The van der Waals surface area contributed by atoms with Crippen molar-refractivity contribution in [3.63, 3.8) is 0 Å². The summed E-state index contributed by atoms with van der Waals surface area (Å²) in [7, 11) is 3.19. The summed E-state index contributed by atoms with van der Waals surface area (Å²) in [5.74, 6) is 0.926. The van der Waals surface area contributed by atoms with Crippen molar-refractivity contribution in [2.45, 2.75) is 26.2 Å². The molecule has 7 nitrogen and oxygen atoms in total. The van der Waals surface area contributed by atoms with Gasteiger partial charge >= 0.3 is 0 Å².